The van der Waals surface area contributed by atoms with Crippen molar-refractivity contribution >= 4 is 11.6 Å². The zero-order chi connectivity index (χ0) is 15.5. The van der Waals surface area contributed by atoms with Crippen LogP contribution in [0.25, 0.3) is 0 Å². The molecule has 0 aliphatic carbocycles. The molecule has 4 nitrogen and oxygen atoms in total. The normalized spacial score (nSPS) is 16.6. The summed E-state index contributed by atoms with van der Waals surface area (Å²) in [6.07, 6.45) is -3.12. The molecule has 1 saturated heterocycles. The smallest absolute Gasteiger partial charge is 0.416 e. The third-order valence-corrected chi connectivity index (χ3v) is 3.45. The summed E-state index contributed by atoms with van der Waals surface area (Å²) in [7, 11) is 1.29. The van der Waals surface area contributed by atoms with Gasteiger partial charge in [0.15, 0.2) is 0 Å². The van der Waals surface area contributed by atoms with E-state index in [0.29, 0.717) is 12.8 Å². The summed E-state index contributed by atoms with van der Waals surface area (Å²) in [5.74, 6) is -0.366. The molecular weight excluding hydrogens is 285 g/mol. The molecule has 0 unspecified atom stereocenters. The minimum Gasteiger partial charge on any atom is -0.497 e. The van der Waals surface area contributed by atoms with Crippen LogP contribution in [0.1, 0.15) is 18.4 Å². The molecule has 1 aromatic rings. The zero-order valence-corrected chi connectivity index (χ0v) is 11.6. The average Bonchev–Trinajstić information content (AvgIpc) is 2.46. The number of methoxy groups -OCH3 is 1. The molecule has 1 aliphatic rings. The molecule has 0 aromatic heterocycles. The summed E-state index contributed by atoms with van der Waals surface area (Å²) >= 11 is 0. The van der Waals surface area contributed by atoms with Gasteiger partial charge in [-0.2, -0.15) is 13.2 Å². The number of piperidine rings is 1. The molecular formula is C14H17F3N2O2. The maximum absolute atomic E-state index is 12.8. The van der Waals surface area contributed by atoms with Gasteiger partial charge in [0, 0.05) is 17.7 Å². The minimum atomic E-state index is -4.48. The van der Waals surface area contributed by atoms with Crippen LogP contribution in [-0.2, 0) is 11.0 Å². The molecule has 0 bridgehead atoms. The second-order valence-corrected chi connectivity index (χ2v) is 4.96. The van der Waals surface area contributed by atoms with Gasteiger partial charge in [0.1, 0.15) is 5.75 Å². The Bertz CT molecular complexity index is 511. The zero-order valence-electron chi connectivity index (χ0n) is 11.6. The third-order valence-electron chi connectivity index (χ3n) is 3.45. The van der Waals surface area contributed by atoms with Gasteiger partial charge in [-0.15, -0.1) is 0 Å². The Morgan fingerprint density at radius 3 is 2.52 bits per heavy atom. The number of ether oxygens (including phenoxy) is 1. The number of alkyl halides is 3. The average molecular weight is 302 g/mol. The number of carbonyl (C=O) groups is 1. The fraction of sp³-hybridized carbons (Fsp3) is 0.500. The van der Waals surface area contributed by atoms with Crippen molar-refractivity contribution in [2.24, 2.45) is 5.92 Å². The van der Waals surface area contributed by atoms with E-state index in [1.165, 1.54) is 13.2 Å². The summed E-state index contributed by atoms with van der Waals surface area (Å²) in [6, 6.07) is 3.20. The molecule has 2 rings (SSSR count). The quantitative estimate of drug-likeness (QED) is 0.902. The number of rotatable bonds is 3. The topological polar surface area (TPSA) is 50.4 Å². The first-order chi connectivity index (χ1) is 9.90. The number of benzene rings is 1. The van der Waals surface area contributed by atoms with Gasteiger partial charge in [0.05, 0.1) is 12.7 Å². The molecule has 0 saturated carbocycles. The second-order valence-electron chi connectivity index (χ2n) is 4.96. The van der Waals surface area contributed by atoms with Crippen LogP contribution in [0.4, 0.5) is 18.9 Å². The van der Waals surface area contributed by atoms with E-state index >= 15 is 0 Å². The van der Waals surface area contributed by atoms with Gasteiger partial charge in [-0.1, -0.05) is 0 Å². The predicted octanol–water partition coefficient (Wildman–Crippen LogP) is 2.65. The van der Waals surface area contributed by atoms with Crippen molar-refractivity contribution in [1.82, 2.24) is 5.32 Å². The number of anilines is 1. The van der Waals surface area contributed by atoms with Crippen molar-refractivity contribution in [3.8, 4) is 5.75 Å². The fourth-order valence-electron chi connectivity index (χ4n) is 2.28. The van der Waals surface area contributed by atoms with E-state index < -0.39 is 11.7 Å². The van der Waals surface area contributed by atoms with Gasteiger partial charge in [0.2, 0.25) is 5.91 Å². The monoisotopic (exact) mass is 302 g/mol. The van der Waals surface area contributed by atoms with Gasteiger partial charge in [-0.3, -0.25) is 4.79 Å². The summed E-state index contributed by atoms with van der Waals surface area (Å²) in [5.41, 5.74) is -0.743. The van der Waals surface area contributed by atoms with Crippen LogP contribution in [0.3, 0.4) is 0 Å². The molecule has 7 heteroatoms. The van der Waals surface area contributed by atoms with Gasteiger partial charge in [-0.25, -0.2) is 0 Å². The van der Waals surface area contributed by atoms with Crippen LogP contribution in [0.2, 0.25) is 0 Å². The number of hydrogen-bond acceptors (Lipinski definition) is 3. The highest BCUT2D eigenvalue weighted by atomic mass is 19.4. The second kappa shape index (κ2) is 6.34. The summed E-state index contributed by atoms with van der Waals surface area (Å²) in [4.78, 5) is 12.1. The lowest BCUT2D eigenvalue weighted by Crippen LogP contribution is -2.34. The highest BCUT2D eigenvalue weighted by Gasteiger charge is 2.32. The largest absolute Gasteiger partial charge is 0.497 e. The first-order valence-corrected chi connectivity index (χ1v) is 6.68. The van der Waals surface area contributed by atoms with E-state index in [1.807, 2.05) is 0 Å². The molecule has 2 N–H and O–H groups in total. The van der Waals surface area contributed by atoms with E-state index in [0.717, 1.165) is 25.2 Å². The molecule has 0 spiro atoms. The number of carbonyl (C=O) groups excluding carboxylic acids is 1. The van der Waals surface area contributed by atoms with E-state index in [4.69, 9.17) is 4.74 Å². The summed E-state index contributed by atoms with van der Waals surface area (Å²) < 4.78 is 43.3. The van der Waals surface area contributed by atoms with Crippen molar-refractivity contribution in [2.45, 2.75) is 19.0 Å². The van der Waals surface area contributed by atoms with Gasteiger partial charge in [-0.05, 0) is 38.1 Å². The molecule has 116 valence electrons. The minimum absolute atomic E-state index is 0.0606. The number of halogens is 3. The Labute approximate surface area is 120 Å². The van der Waals surface area contributed by atoms with Crippen molar-refractivity contribution in [1.29, 1.82) is 0 Å². The van der Waals surface area contributed by atoms with Gasteiger partial charge in [0.25, 0.3) is 0 Å². The lowest BCUT2D eigenvalue weighted by atomic mass is 9.97. The van der Waals surface area contributed by atoms with E-state index in [2.05, 4.69) is 10.6 Å². The molecule has 1 aliphatic heterocycles. The van der Waals surface area contributed by atoms with Crippen LogP contribution in [-0.4, -0.2) is 26.1 Å². The van der Waals surface area contributed by atoms with E-state index in [1.54, 1.807) is 0 Å². The summed E-state index contributed by atoms with van der Waals surface area (Å²) in [5, 5.41) is 5.68. The van der Waals surface area contributed by atoms with Crippen molar-refractivity contribution in [3.63, 3.8) is 0 Å². The number of nitrogens with one attached hydrogen (secondary N) is 2. The molecule has 21 heavy (non-hydrogen) atoms. The molecule has 1 fully saturated rings. The van der Waals surface area contributed by atoms with Crippen LogP contribution in [0.5, 0.6) is 5.75 Å². The maximum Gasteiger partial charge on any atom is 0.416 e. The Balaban J connectivity index is 2.16. The van der Waals surface area contributed by atoms with Crippen molar-refractivity contribution in [3.05, 3.63) is 23.8 Å². The first kappa shape index (κ1) is 15.6. The summed E-state index contributed by atoms with van der Waals surface area (Å²) in [6.45, 7) is 1.48. The van der Waals surface area contributed by atoms with Crippen molar-refractivity contribution in [2.75, 3.05) is 25.5 Å². The Hall–Kier alpha value is -1.76. The lowest BCUT2D eigenvalue weighted by Gasteiger charge is -2.22. The maximum atomic E-state index is 12.8. The highest BCUT2D eigenvalue weighted by Crippen LogP contribution is 2.34. The third kappa shape index (κ3) is 4.10. The standard InChI is InChI=1S/C14H17F3N2O2/c1-21-12-7-10(14(15,16)17)6-11(8-12)19-13(20)9-2-4-18-5-3-9/h6-9,18H,2-5H2,1H3,(H,19,20). The predicted molar refractivity (Wildman–Crippen MR) is 72.2 cm³/mol. The van der Waals surface area contributed by atoms with Crippen LogP contribution in [0, 0.1) is 5.92 Å². The fourth-order valence-corrected chi connectivity index (χ4v) is 2.28. The SMILES string of the molecule is COc1cc(NC(=O)C2CCNCC2)cc(C(F)(F)F)c1. The molecule has 0 radical (unpaired) electrons. The van der Waals surface area contributed by atoms with Crippen molar-refractivity contribution < 1.29 is 22.7 Å². The number of hydrogen-bond donors (Lipinski definition) is 2. The van der Waals surface area contributed by atoms with Crippen LogP contribution in [0.15, 0.2) is 18.2 Å². The molecule has 0 atom stereocenters. The van der Waals surface area contributed by atoms with Gasteiger partial charge < -0.3 is 15.4 Å². The van der Waals surface area contributed by atoms with Crippen LogP contribution < -0.4 is 15.4 Å². The Morgan fingerprint density at radius 2 is 1.95 bits per heavy atom. The van der Waals surface area contributed by atoms with E-state index in [9.17, 15) is 18.0 Å². The molecule has 1 heterocycles. The highest BCUT2D eigenvalue weighted by molar-refractivity contribution is 5.92. The lowest BCUT2D eigenvalue weighted by molar-refractivity contribution is -0.137. The Morgan fingerprint density at radius 1 is 1.29 bits per heavy atom. The first-order valence-electron chi connectivity index (χ1n) is 6.68. The molecule has 1 amide bonds. The van der Waals surface area contributed by atoms with Crippen LogP contribution >= 0.6 is 0 Å². The van der Waals surface area contributed by atoms with Gasteiger partial charge >= 0.3 is 6.18 Å². The Kier molecular flexibility index (Phi) is 4.72. The number of amides is 1. The molecule has 1 aromatic carbocycles. The van der Waals surface area contributed by atoms with E-state index in [-0.39, 0.29) is 23.3 Å².